The number of hydrogen-bond donors (Lipinski definition) is 1. The Kier molecular flexibility index (Phi) is 8.16. The summed E-state index contributed by atoms with van der Waals surface area (Å²) in [6.45, 7) is 2.83. The van der Waals surface area contributed by atoms with E-state index in [0.29, 0.717) is 29.4 Å². The van der Waals surface area contributed by atoms with Crippen molar-refractivity contribution >= 4 is 56.5 Å². The monoisotopic (exact) mass is 549 g/mol. The SMILES string of the molecule is Cc1ccc(S(=O)(=O)N2CCOCC2)cc1C(=O)NCCN1C(=O)S/C(=C/c2ccccc2Cl)C1=O. The van der Waals surface area contributed by atoms with Gasteiger partial charge in [-0.2, -0.15) is 4.31 Å². The van der Waals surface area contributed by atoms with Crippen LogP contribution in [0.3, 0.4) is 0 Å². The smallest absolute Gasteiger partial charge is 0.293 e. The minimum Gasteiger partial charge on any atom is -0.379 e. The molecule has 190 valence electrons. The molecule has 1 N–H and O–H groups in total. The van der Waals surface area contributed by atoms with Crippen molar-refractivity contribution in [2.45, 2.75) is 11.8 Å². The van der Waals surface area contributed by atoms with Gasteiger partial charge in [-0.15, -0.1) is 0 Å². The highest BCUT2D eigenvalue weighted by atomic mass is 35.5. The minimum atomic E-state index is -3.76. The molecular formula is C24H24ClN3O6S2. The second-order valence-corrected chi connectivity index (χ2v) is 11.4. The van der Waals surface area contributed by atoms with E-state index in [0.717, 1.165) is 16.7 Å². The predicted molar refractivity (Wildman–Crippen MR) is 137 cm³/mol. The highest BCUT2D eigenvalue weighted by Crippen LogP contribution is 2.33. The van der Waals surface area contributed by atoms with Crippen molar-refractivity contribution < 1.29 is 27.5 Å². The number of thioether (sulfide) groups is 1. The second kappa shape index (κ2) is 11.1. The normalized spacial score (nSPS) is 18.2. The van der Waals surface area contributed by atoms with Crippen LogP contribution in [0.25, 0.3) is 6.08 Å². The second-order valence-electron chi connectivity index (χ2n) is 8.10. The molecule has 12 heteroatoms. The molecule has 2 fully saturated rings. The van der Waals surface area contributed by atoms with Gasteiger partial charge in [-0.1, -0.05) is 35.9 Å². The summed E-state index contributed by atoms with van der Waals surface area (Å²) in [5.41, 5.74) is 1.43. The zero-order chi connectivity index (χ0) is 25.9. The minimum absolute atomic E-state index is 0.0100. The molecule has 4 rings (SSSR count). The number of ether oxygens (including phenoxy) is 1. The molecule has 2 aromatic rings. The van der Waals surface area contributed by atoms with E-state index < -0.39 is 27.1 Å². The molecule has 0 saturated carbocycles. The summed E-state index contributed by atoms with van der Waals surface area (Å²) in [7, 11) is -3.76. The fourth-order valence-electron chi connectivity index (χ4n) is 3.74. The van der Waals surface area contributed by atoms with Gasteiger partial charge in [-0.3, -0.25) is 19.3 Å². The van der Waals surface area contributed by atoms with Gasteiger partial charge in [0.05, 0.1) is 23.0 Å². The molecule has 0 unspecified atom stereocenters. The number of aryl methyl sites for hydroxylation is 1. The molecule has 2 aromatic carbocycles. The van der Waals surface area contributed by atoms with Gasteiger partial charge in [0.1, 0.15) is 0 Å². The van der Waals surface area contributed by atoms with Crippen LogP contribution in [0.4, 0.5) is 4.79 Å². The zero-order valence-electron chi connectivity index (χ0n) is 19.4. The van der Waals surface area contributed by atoms with Crippen LogP contribution in [-0.2, 0) is 19.6 Å². The maximum Gasteiger partial charge on any atom is 0.293 e. The summed E-state index contributed by atoms with van der Waals surface area (Å²) in [6.07, 6.45) is 1.57. The molecule has 0 aliphatic carbocycles. The van der Waals surface area contributed by atoms with Gasteiger partial charge in [0.15, 0.2) is 0 Å². The highest BCUT2D eigenvalue weighted by Gasteiger charge is 2.35. The Hall–Kier alpha value is -2.70. The van der Waals surface area contributed by atoms with Crippen LogP contribution in [0.1, 0.15) is 21.5 Å². The molecule has 2 heterocycles. The molecule has 0 radical (unpaired) electrons. The molecule has 9 nitrogen and oxygen atoms in total. The topological polar surface area (TPSA) is 113 Å². The number of nitrogens with one attached hydrogen (secondary N) is 1. The number of carbonyl (C=O) groups is 3. The molecule has 3 amide bonds. The molecule has 2 saturated heterocycles. The van der Waals surface area contributed by atoms with Crippen LogP contribution in [0.5, 0.6) is 0 Å². The van der Waals surface area contributed by atoms with Crippen molar-refractivity contribution in [1.29, 1.82) is 0 Å². The van der Waals surface area contributed by atoms with Crippen LogP contribution >= 0.6 is 23.4 Å². The number of benzene rings is 2. The number of sulfonamides is 1. The van der Waals surface area contributed by atoms with Crippen LogP contribution in [0.2, 0.25) is 5.02 Å². The van der Waals surface area contributed by atoms with Gasteiger partial charge in [0, 0.05) is 36.8 Å². The van der Waals surface area contributed by atoms with E-state index >= 15 is 0 Å². The van der Waals surface area contributed by atoms with E-state index in [1.165, 1.54) is 16.4 Å². The molecular weight excluding hydrogens is 526 g/mol. The van der Waals surface area contributed by atoms with Gasteiger partial charge in [-0.05, 0) is 54.1 Å². The first-order chi connectivity index (χ1) is 17.2. The Labute approximate surface area is 218 Å². The molecule has 2 aliphatic rings. The van der Waals surface area contributed by atoms with Crippen molar-refractivity contribution in [3.8, 4) is 0 Å². The van der Waals surface area contributed by atoms with E-state index in [1.807, 2.05) is 0 Å². The number of nitrogens with zero attached hydrogens (tertiary/aromatic N) is 2. The van der Waals surface area contributed by atoms with Crippen molar-refractivity contribution in [3.05, 3.63) is 69.1 Å². The fourth-order valence-corrected chi connectivity index (χ4v) is 6.23. The average Bonchev–Trinajstić information content (AvgIpc) is 3.13. The number of imide groups is 1. The molecule has 0 atom stereocenters. The number of rotatable bonds is 7. The van der Waals surface area contributed by atoms with Gasteiger partial charge in [-0.25, -0.2) is 8.42 Å². The maximum atomic E-state index is 13.0. The predicted octanol–water partition coefficient (Wildman–Crippen LogP) is 3.14. The largest absolute Gasteiger partial charge is 0.379 e. The molecule has 0 bridgehead atoms. The Bertz CT molecular complexity index is 1340. The third kappa shape index (κ3) is 5.65. The van der Waals surface area contributed by atoms with Gasteiger partial charge >= 0.3 is 0 Å². The van der Waals surface area contributed by atoms with Crippen molar-refractivity contribution in [2.24, 2.45) is 0 Å². The molecule has 0 spiro atoms. The molecule has 2 aliphatic heterocycles. The van der Waals surface area contributed by atoms with E-state index in [4.69, 9.17) is 16.3 Å². The number of amides is 3. The van der Waals surface area contributed by atoms with E-state index in [1.54, 1.807) is 43.3 Å². The third-order valence-corrected chi connectivity index (χ3v) is 8.89. The lowest BCUT2D eigenvalue weighted by molar-refractivity contribution is -0.122. The lowest BCUT2D eigenvalue weighted by atomic mass is 10.1. The van der Waals surface area contributed by atoms with E-state index in [2.05, 4.69) is 5.32 Å². The lowest BCUT2D eigenvalue weighted by Crippen LogP contribution is -2.40. The highest BCUT2D eigenvalue weighted by molar-refractivity contribution is 8.18. The van der Waals surface area contributed by atoms with Crippen molar-refractivity contribution in [1.82, 2.24) is 14.5 Å². The Balaban J connectivity index is 1.41. The number of halogens is 1. The number of morpholine rings is 1. The first-order valence-electron chi connectivity index (χ1n) is 11.1. The third-order valence-electron chi connectivity index (χ3n) is 5.75. The lowest BCUT2D eigenvalue weighted by Gasteiger charge is -2.26. The van der Waals surface area contributed by atoms with E-state index in [9.17, 15) is 22.8 Å². The Morgan fingerprint density at radius 2 is 1.89 bits per heavy atom. The van der Waals surface area contributed by atoms with Gasteiger partial charge in [0.2, 0.25) is 10.0 Å². The number of hydrogen-bond acceptors (Lipinski definition) is 7. The maximum absolute atomic E-state index is 13.0. The summed E-state index contributed by atoms with van der Waals surface area (Å²) in [4.78, 5) is 39.3. The molecule has 0 aromatic heterocycles. The van der Waals surface area contributed by atoms with Crippen molar-refractivity contribution in [3.63, 3.8) is 0 Å². The van der Waals surface area contributed by atoms with Crippen LogP contribution in [0, 0.1) is 6.92 Å². The Morgan fingerprint density at radius 3 is 2.61 bits per heavy atom. The summed E-state index contributed by atoms with van der Waals surface area (Å²) in [5.74, 6) is -0.959. The quantitative estimate of drug-likeness (QED) is 0.528. The van der Waals surface area contributed by atoms with Gasteiger partial charge < -0.3 is 10.1 Å². The summed E-state index contributed by atoms with van der Waals surface area (Å²) in [5, 5.41) is 2.70. The summed E-state index contributed by atoms with van der Waals surface area (Å²) < 4.78 is 32.5. The fraction of sp³-hybridized carbons (Fsp3) is 0.292. The standard InChI is InChI=1S/C24H24ClN3O6S2/c1-16-6-7-18(36(32,33)27-10-12-34-13-11-27)15-19(16)22(29)26-8-9-28-23(30)21(35-24(28)31)14-17-4-2-3-5-20(17)25/h2-7,14-15H,8-13H2,1H3,(H,26,29)/b21-14+. The first-order valence-corrected chi connectivity index (χ1v) is 13.8. The molecule has 36 heavy (non-hydrogen) atoms. The van der Waals surface area contributed by atoms with Crippen LogP contribution in [0.15, 0.2) is 52.3 Å². The first kappa shape index (κ1) is 26.4. The zero-order valence-corrected chi connectivity index (χ0v) is 21.8. The summed E-state index contributed by atoms with van der Waals surface area (Å²) in [6, 6.07) is 11.4. The summed E-state index contributed by atoms with van der Waals surface area (Å²) >= 11 is 6.95. The number of carbonyl (C=O) groups excluding carboxylic acids is 3. The van der Waals surface area contributed by atoms with E-state index in [-0.39, 0.29) is 41.5 Å². The van der Waals surface area contributed by atoms with Crippen LogP contribution < -0.4 is 5.32 Å². The average molecular weight is 550 g/mol. The van der Waals surface area contributed by atoms with Crippen LogP contribution in [-0.4, -0.2) is 74.1 Å². The Morgan fingerprint density at radius 1 is 1.17 bits per heavy atom. The van der Waals surface area contributed by atoms with Gasteiger partial charge in [0.25, 0.3) is 17.1 Å². The van der Waals surface area contributed by atoms with Crippen molar-refractivity contribution in [2.75, 3.05) is 39.4 Å².